The van der Waals surface area contributed by atoms with Crippen molar-refractivity contribution in [2.75, 3.05) is 27.9 Å². The maximum absolute atomic E-state index is 13.2. The van der Waals surface area contributed by atoms with E-state index in [-0.39, 0.29) is 24.5 Å². The number of rotatable bonds is 9. The van der Waals surface area contributed by atoms with Crippen LogP contribution in [0.2, 0.25) is 0 Å². The number of ether oxygens (including phenoxy) is 3. The number of carbonyl (C=O) groups excluding carboxylic acids is 2. The second kappa shape index (κ2) is 10.3. The monoisotopic (exact) mass is 454 g/mol. The summed E-state index contributed by atoms with van der Waals surface area (Å²) in [5.41, 5.74) is 1.25. The largest absolute Gasteiger partial charge is 0.497 e. The summed E-state index contributed by atoms with van der Waals surface area (Å²) in [6.07, 6.45) is 1.55. The van der Waals surface area contributed by atoms with Crippen LogP contribution in [0.3, 0.4) is 0 Å². The molecule has 0 aliphatic carbocycles. The standard InChI is InChI=1S/C22H22N4O7/c1-31-18-10-15(11-19(12-18)32-2)13-24(14-21(27)33-3)22(28)20-8-9-25(23-20)16-4-6-17(7-5-16)26(29)30/h4-12H,13-14H2,1-3H3. The van der Waals surface area contributed by atoms with E-state index in [1.807, 2.05) is 0 Å². The first-order chi connectivity index (χ1) is 15.8. The fraction of sp³-hybridized carbons (Fsp3) is 0.227. The number of aromatic nitrogens is 2. The first-order valence-corrected chi connectivity index (χ1v) is 9.73. The number of hydrogen-bond acceptors (Lipinski definition) is 8. The van der Waals surface area contributed by atoms with Gasteiger partial charge in [0.1, 0.15) is 18.0 Å². The highest BCUT2D eigenvalue weighted by molar-refractivity contribution is 5.94. The van der Waals surface area contributed by atoms with Crippen LogP contribution in [0.25, 0.3) is 5.69 Å². The zero-order valence-electron chi connectivity index (χ0n) is 18.3. The minimum absolute atomic E-state index is 0.0554. The normalized spacial score (nSPS) is 10.4. The Bertz CT molecular complexity index is 1140. The Balaban J connectivity index is 1.87. The molecule has 0 spiro atoms. The van der Waals surface area contributed by atoms with Crippen LogP contribution in [0.15, 0.2) is 54.7 Å². The molecule has 0 radical (unpaired) electrons. The molecule has 172 valence electrons. The van der Waals surface area contributed by atoms with Crippen LogP contribution in [0, 0.1) is 10.1 Å². The smallest absolute Gasteiger partial charge is 0.325 e. The third-order valence-electron chi connectivity index (χ3n) is 4.75. The first-order valence-electron chi connectivity index (χ1n) is 9.73. The summed E-state index contributed by atoms with van der Waals surface area (Å²) < 4.78 is 16.7. The van der Waals surface area contributed by atoms with Crippen molar-refractivity contribution in [3.8, 4) is 17.2 Å². The lowest BCUT2D eigenvalue weighted by molar-refractivity contribution is -0.384. The Morgan fingerprint density at radius 1 is 1.03 bits per heavy atom. The van der Waals surface area contributed by atoms with Gasteiger partial charge in [0.15, 0.2) is 5.69 Å². The maximum atomic E-state index is 13.2. The van der Waals surface area contributed by atoms with Crippen molar-refractivity contribution < 1.29 is 28.7 Å². The Morgan fingerprint density at radius 2 is 1.67 bits per heavy atom. The highest BCUT2D eigenvalue weighted by atomic mass is 16.6. The average molecular weight is 454 g/mol. The fourth-order valence-electron chi connectivity index (χ4n) is 3.07. The molecule has 0 fully saturated rings. The number of amides is 1. The number of carbonyl (C=O) groups is 2. The molecular weight excluding hydrogens is 432 g/mol. The third kappa shape index (κ3) is 5.64. The zero-order valence-corrected chi connectivity index (χ0v) is 18.3. The van der Waals surface area contributed by atoms with Crippen LogP contribution in [0.4, 0.5) is 5.69 Å². The van der Waals surface area contributed by atoms with Crippen molar-refractivity contribution in [1.82, 2.24) is 14.7 Å². The molecule has 1 heterocycles. The van der Waals surface area contributed by atoms with Gasteiger partial charge in [-0.1, -0.05) is 0 Å². The molecule has 0 unspecified atom stereocenters. The van der Waals surface area contributed by atoms with Gasteiger partial charge in [-0.15, -0.1) is 0 Å². The van der Waals surface area contributed by atoms with Crippen molar-refractivity contribution in [1.29, 1.82) is 0 Å². The van der Waals surface area contributed by atoms with Gasteiger partial charge in [0.25, 0.3) is 11.6 Å². The minimum atomic E-state index is -0.590. The number of nitrogens with zero attached hydrogens (tertiary/aromatic N) is 4. The number of methoxy groups -OCH3 is 3. The van der Waals surface area contributed by atoms with Crippen molar-refractivity contribution in [2.45, 2.75) is 6.54 Å². The second-order valence-corrected chi connectivity index (χ2v) is 6.88. The lowest BCUT2D eigenvalue weighted by Gasteiger charge is -2.21. The highest BCUT2D eigenvalue weighted by Gasteiger charge is 2.23. The first kappa shape index (κ1) is 23.3. The van der Waals surface area contributed by atoms with E-state index in [0.717, 1.165) is 0 Å². The molecule has 3 rings (SSSR count). The van der Waals surface area contributed by atoms with Crippen molar-refractivity contribution in [2.24, 2.45) is 0 Å². The minimum Gasteiger partial charge on any atom is -0.497 e. The number of hydrogen-bond donors (Lipinski definition) is 0. The van der Waals surface area contributed by atoms with Gasteiger partial charge in [-0.05, 0) is 35.9 Å². The molecule has 0 atom stereocenters. The van der Waals surface area contributed by atoms with Crippen molar-refractivity contribution in [3.05, 3.63) is 76.1 Å². The van der Waals surface area contributed by atoms with E-state index in [4.69, 9.17) is 14.2 Å². The molecule has 0 aliphatic heterocycles. The van der Waals surface area contributed by atoms with Crippen LogP contribution in [0.5, 0.6) is 11.5 Å². The molecule has 0 saturated carbocycles. The predicted octanol–water partition coefficient (Wildman–Crippen LogP) is 2.61. The van der Waals surface area contributed by atoms with Crippen LogP contribution in [-0.4, -0.2) is 59.4 Å². The van der Waals surface area contributed by atoms with Gasteiger partial charge >= 0.3 is 5.97 Å². The van der Waals surface area contributed by atoms with E-state index in [0.29, 0.717) is 22.7 Å². The van der Waals surface area contributed by atoms with Gasteiger partial charge in [0.2, 0.25) is 0 Å². The topological polar surface area (TPSA) is 126 Å². The van der Waals surface area contributed by atoms with Crippen LogP contribution in [-0.2, 0) is 16.1 Å². The number of nitro groups is 1. The molecule has 0 saturated heterocycles. The van der Waals surface area contributed by atoms with Gasteiger partial charge < -0.3 is 19.1 Å². The van der Waals surface area contributed by atoms with E-state index in [1.54, 1.807) is 24.4 Å². The maximum Gasteiger partial charge on any atom is 0.325 e. The number of esters is 1. The molecule has 0 aliphatic rings. The molecule has 0 bridgehead atoms. The van der Waals surface area contributed by atoms with E-state index >= 15 is 0 Å². The average Bonchev–Trinajstić information content (AvgIpc) is 3.33. The summed E-state index contributed by atoms with van der Waals surface area (Å²) >= 11 is 0. The molecule has 2 aromatic carbocycles. The summed E-state index contributed by atoms with van der Waals surface area (Å²) in [5.74, 6) is -0.00890. The van der Waals surface area contributed by atoms with Gasteiger partial charge in [-0.2, -0.15) is 5.10 Å². The van der Waals surface area contributed by atoms with Crippen LogP contribution in [0.1, 0.15) is 16.1 Å². The quantitative estimate of drug-likeness (QED) is 0.274. The van der Waals surface area contributed by atoms with Crippen molar-refractivity contribution in [3.63, 3.8) is 0 Å². The summed E-state index contributed by atoms with van der Waals surface area (Å²) in [5, 5.41) is 15.1. The van der Waals surface area contributed by atoms with Crippen LogP contribution < -0.4 is 9.47 Å². The Hall–Kier alpha value is -4.41. The number of nitro benzene ring substituents is 1. The Labute approximate surface area is 189 Å². The summed E-state index contributed by atoms with van der Waals surface area (Å²) in [7, 11) is 4.27. The van der Waals surface area contributed by atoms with E-state index in [9.17, 15) is 19.7 Å². The molecule has 1 amide bonds. The predicted molar refractivity (Wildman–Crippen MR) is 117 cm³/mol. The summed E-state index contributed by atoms with van der Waals surface area (Å²) in [6.45, 7) is -0.217. The van der Waals surface area contributed by atoms with Gasteiger partial charge in [-0.3, -0.25) is 19.7 Å². The van der Waals surface area contributed by atoms with Gasteiger partial charge in [0, 0.05) is 30.9 Å². The second-order valence-electron chi connectivity index (χ2n) is 6.88. The molecule has 0 N–H and O–H groups in total. The van der Waals surface area contributed by atoms with E-state index in [2.05, 4.69) is 5.10 Å². The Morgan fingerprint density at radius 3 is 2.21 bits per heavy atom. The lowest BCUT2D eigenvalue weighted by Crippen LogP contribution is -2.36. The lowest BCUT2D eigenvalue weighted by atomic mass is 10.1. The summed E-state index contributed by atoms with van der Waals surface area (Å²) in [4.78, 5) is 36.8. The number of non-ortho nitro benzene ring substituents is 1. The molecule has 3 aromatic rings. The Kier molecular flexibility index (Phi) is 7.24. The third-order valence-corrected chi connectivity index (χ3v) is 4.75. The van der Waals surface area contributed by atoms with E-state index < -0.39 is 16.8 Å². The van der Waals surface area contributed by atoms with Crippen LogP contribution >= 0.6 is 0 Å². The highest BCUT2D eigenvalue weighted by Crippen LogP contribution is 2.24. The van der Waals surface area contributed by atoms with E-state index in [1.165, 1.54) is 61.2 Å². The fourth-order valence-corrected chi connectivity index (χ4v) is 3.07. The zero-order chi connectivity index (χ0) is 24.0. The molecule has 11 nitrogen and oxygen atoms in total. The number of benzene rings is 2. The van der Waals surface area contributed by atoms with Gasteiger partial charge in [0.05, 0.1) is 31.9 Å². The van der Waals surface area contributed by atoms with Gasteiger partial charge in [-0.25, -0.2) is 4.68 Å². The molecule has 11 heteroatoms. The molecular formula is C22H22N4O7. The summed E-state index contributed by atoms with van der Waals surface area (Å²) in [6, 6.07) is 12.4. The van der Waals surface area contributed by atoms with Crippen molar-refractivity contribution >= 4 is 17.6 Å². The molecule has 1 aromatic heterocycles. The molecule has 33 heavy (non-hydrogen) atoms. The SMILES string of the molecule is COC(=O)CN(Cc1cc(OC)cc(OC)c1)C(=O)c1ccn(-c2ccc([N+](=O)[O-])cc2)n1.